The van der Waals surface area contributed by atoms with Gasteiger partial charge in [-0.3, -0.25) is 0 Å². The molecule has 26 heteroatoms. The molecule has 0 bridgehead atoms. The van der Waals surface area contributed by atoms with Gasteiger partial charge in [0.2, 0.25) is 17.5 Å². The molecule has 0 heterocycles. The maximum atomic E-state index is 15.6. The Balaban J connectivity index is 0.00000101. The van der Waals surface area contributed by atoms with Crippen molar-refractivity contribution in [3.63, 3.8) is 0 Å². The van der Waals surface area contributed by atoms with Gasteiger partial charge in [0.25, 0.3) is 0 Å². The maximum absolute atomic E-state index is 15.6. The summed E-state index contributed by atoms with van der Waals surface area (Å²) in [5, 5.41) is -7.96. The van der Waals surface area contributed by atoms with Crippen molar-refractivity contribution in [1.29, 1.82) is 0 Å². The van der Waals surface area contributed by atoms with Gasteiger partial charge in [-0.25, -0.2) is 78.8 Å². The predicted octanol–water partition coefficient (Wildman–Crippen LogP) is 7.39. The van der Waals surface area contributed by atoms with Gasteiger partial charge in [-0.1, -0.05) is 24.9 Å². The number of hydrogen-bond donors (Lipinski definition) is 0. The van der Waals surface area contributed by atoms with Gasteiger partial charge in [-0.05, 0) is 24.3 Å². The van der Waals surface area contributed by atoms with E-state index in [4.69, 9.17) is 29.0 Å². The van der Waals surface area contributed by atoms with Crippen molar-refractivity contribution in [3.05, 3.63) is 122 Å². The molecule has 0 radical (unpaired) electrons. The largest absolute Gasteiger partial charge is 0.741 e. The lowest BCUT2D eigenvalue weighted by Crippen LogP contribution is -2.75. The third-order valence-corrected chi connectivity index (χ3v) is 12.6. The summed E-state index contributed by atoms with van der Waals surface area (Å²) >= 11 is 5.86. The van der Waals surface area contributed by atoms with Gasteiger partial charge in [0.1, 0.15) is 6.54 Å². The van der Waals surface area contributed by atoms with Crippen molar-refractivity contribution in [2.24, 2.45) is 0 Å². The first-order valence-corrected chi connectivity index (χ1v) is 18.9. The van der Waals surface area contributed by atoms with Crippen LogP contribution in [-0.4, -0.2) is 57.3 Å². The van der Waals surface area contributed by atoms with E-state index in [1.165, 1.54) is 35.1 Å². The number of unbranched alkanes of at least 4 members (excludes halogenated alkanes) is 1. The summed E-state index contributed by atoms with van der Waals surface area (Å²) in [6, 6.07) is 5.77. The number of alkyl halides is 3. The topological polar surface area (TPSA) is 69.4 Å². The smallest absolute Gasteiger partial charge is 0.485 e. The van der Waals surface area contributed by atoms with Crippen molar-refractivity contribution in [3.8, 4) is 0 Å². The van der Waals surface area contributed by atoms with E-state index in [0.717, 1.165) is 0 Å². The zero-order chi connectivity index (χ0) is 44.4. The van der Waals surface area contributed by atoms with Crippen LogP contribution in [0.4, 0.5) is 79.0 Å². The fourth-order valence-corrected chi connectivity index (χ4v) is 9.23. The van der Waals surface area contributed by atoms with Crippen LogP contribution < -0.4 is 15.6 Å². The van der Waals surface area contributed by atoms with Crippen LogP contribution in [0.15, 0.2) is 24.3 Å². The Morgan fingerprint density at radius 3 is 1.17 bits per heavy atom. The molecule has 4 aromatic carbocycles. The highest BCUT2D eigenvalue weighted by Crippen LogP contribution is 2.29. The van der Waals surface area contributed by atoms with Crippen molar-refractivity contribution < 1.29 is 101 Å². The van der Waals surface area contributed by atoms with Gasteiger partial charge >= 0.3 is 13.8 Å². The van der Waals surface area contributed by atoms with Crippen LogP contribution >= 0.6 is 11.6 Å². The summed E-state index contributed by atoms with van der Waals surface area (Å²) in [7, 11) is -13.5. The Bertz CT molecular complexity index is 2110. The van der Waals surface area contributed by atoms with Crippen LogP contribution in [-0.2, 0) is 14.5 Å². The highest BCUT2D eigenvalue weighted by atomic mass is 35.5. The molecule has 4 aromatic rings. The van der Waals surface area contributed by atoms with E-state index in [2.05, 4.69) is 0 Å². The zero-order valence-electron chi connectivity index (χ0n) is 28.1. The quantitative estimate of drug-likeness (QED) is 0.0181. The van der Waals surface area contributed by atoms with E-state index in [9.17, 15) is 52.7 Å². The Kier molecular flexibility index (Phi) is 15.2. The minimum absolute atomic E-state index is 0.0324. The molecule has 0 unspecified atom stereocenters. The highest BCUT2D eigenvalue weighted by Gasteiger charge is 2.58. The SMILES string of the molecule is CCCC[N+](=Cc1ccc(Cl)cc1)CCO[Si](c1c(F)c(F)c(F)c(F)c1F)(c1c(F)c(F)c(F)c(F)c1F)c1c(F)c(F)c(F)c(F)c1F.O=S(=O)([O-])C(F)(F)F. The van der Waals surface area contributed by atoms with Gasteiger partial charge in [0.05, 0.1) is 22.2 Å². The summed E-state index contributed by atoms with van der Waals surface area (Å²) in [5.41, 5.74) is -5.26. The number of hydrogen-bond acceptors (Lipinski definition) is 4. The number of halogens is 19. The average molecular weight is 918 g/mol. The fraction of sp³-hybridized carbons (Fsp3) is 0.219. The molecule has 0 atom stereocenters. The Hall–Kier alpha value is -4.33. The molecule has 0 aliphatic rings. The van der Waals surface area contributed by atoms with Gasteiger partial charge in [0, 0.05) is 17.0 Å². The molecule has 0 aliphatic heterocycles. The second-order valence-corrected chi connectivity index (χ2v) is 16.3. The summed E-state index contributed by atoms with van der Waals surface area (Å²) in [4.78, 5) is 0. The van der Waals surface area contributed by atoms with Crippen molar-refractivity contribution >= 4 is 51.8 Å². The lowest BCUT2D eigenvalue weighted by molar-refractivity contribution is -0.525. The monoisotopic (exact) mass is 917 g/mol. The normalized spacial score (nSPS) is 12.5. The number of nitrogens with zero attached hydrogens (tertiary/aromatic N) is 1. The zero-order valence-corrected chi connectivity index (χ0v) is 30.7. The summed E-state index contributed by atoms with van der Waals surface area (Å²) in [6.07, 6.45) is 2.18. The maximum Gasteiger partial charge on any atom is 0.485 e. The molecule has 0 aliphatic carbocycles. The molecule has 0 saturated carbocycles. The Morgan fingerprint density at radius 2 is 0.897 bits per heavy atom. The van der Waals surface area contributed by atoms with E-state index in [0.29, 0.717) is 18.4 Å². The van der Waals surface area contributed by atoms with Gasteiger partial charge < -0.3 is 8.98 Å². The molecule has 58 heavy (non-hydrogen) atoms. The molecule has 0 fully saturated rings. The van der Waals surface area contributed by atoms with Crippen molar-refractivity contribution in [1.82, 2.24) is 0 Å². The van der Waals surface area contributed by atoms with Gasteiger partial charge in [-0.15, -0.1) is 0 Å². The van der Waals surface area contributed by atoms with Crippen molar-refractivity contribution in [2.75, 3.05) is 19.7 Å². The molecular formula is C32H18ClF18NO4SSi. The van der Waals surface area contributed by atoms with E-state index < -0.39 is 140 Å². The van der Waals surface area contributed by atoms with Crippen LogP contribution in [0.5, 0.6) is 0 Å². The number of rotatable bonds is 11. The second kappa shape index (κ2) is 18.3. The Morgan fingerprint density at radius 1 is 0.603 bits per heavy atom. The van der Waals surface area contributed by atoms with Crippen LogP contribution in [0.1, 0.15) is 25.3 Å². The van der Waals surface area contributed by atoms with Gasteiger partial charge in [0.15, 0.2) is 92.7 Å². The molecule has 0 amide bonds. The predicted molar refractivity (Wildman–Crippen MR) is 167 cm³/mol. The fourth-order valence-electron chi connectivity index (χ4n) is 5.01. The summed E-state index contributed by atoms with van der Waals surface area (Å²) < 4.78 is 290. The first-order valence-electron chi connectivity index (χ1n) is 15.2. The van der Waals surface area contributed by atoms with E-state index >= 15 is 26.3 Å². The molecular weight excluding hydrogens is 900 g/mol. The summed E-state index contributed by atoms with van der Waals surface area (Å²) in [6.45, 7) is -0.356. The first-order chi connectivity index (χ1) is 26.7. The van der Waals surface area contributed by atoms with Crippen LogP contribution in [0.25, 0.3) is 0 Å². The Labute approximate surface area is 319 Å². The standard InChI is InChI=1S/C31H18ClF15NOSi.CHF3O3S/c1-2-3-8-48(11-12-4-6-13(32)7-5-12)9-10-49-50(29-23(42)17(36)14(33)18(37)24(29)43,30-25(44)19(38)15(34)20(39)26(30)45)31-27(46)21(40)16(35)22(41)28(31)47;2-1(3,4)8(5,6)7/h4-7,11H,2-3,8-10H2,1H3;(H,5,6,7)/q+1;/p-1. The molecule has 0 aromatic heterocycles. The third-order valence-electron chi connectivity index (χ3n) is 7.67. The van der Waals surface area contributed by atoms with E-state index in [-0.39, 0.29) is 11.6 Å². The minimum Gasteiger partial charge on any atom is -0.741 e. The summed E-state index contributed by atoms with van der Waals surface area (Å²) in [5.74, 6) is -46.1. The van der Waals surface area contributed by atoms with E-state index in [1.54, 1.807) is 6.92 Å². The molecule has 4 rings (SSSR count). The van der Waals surface area contributed by atoms with Crippen LogP contribution in [0, 0.1) is 87.3 Å². The lowest BCUT2D eigenvalue weighted by Gasteiger charge is -2.34. The molecule has 0 N–H and O–H groups in total. The minimum atomic E-state index is -7.39. The van der Waals surface area contributed by atoms with Gasteiger partial charge in [-0.2, -0.15) is 13.2 Å². The van der Waals surface area contributed by atoms with Crippen LogP contribution in [0.2, 0.25) is 5.02 Å². The van der Waals surface area contributed by atoms with E-state index in [1.807, 2.05) is 0 Å². The first kappa shape index (κ1) is 48.0. The molecule has 318 valence electrons. The second-order valence-electron chi connectivity index (χ2n) is 11.3. The highest BCUT2D eigenvalue weighted by molar-refractivity contribution is 7.86. The number of benzene rings is 4. The molecule has 0 spiro atoms. The average Bonchev–Trinajstić information content (AvgIpc) is 3.15. The molecule has 0 saturated heterocycles. The molecule has 5 nitrogen and oxygen atoms in total. The van der Waals surface area contributed by atoms with Crippen molar-refractivity contribution in [2.45, 2.75) is 25.3 Å². The lowest BCUT2D eigenvalue weighted by atomic mass is 10.2. The van der Waals surface area contributed by atoms with Crippen LogP contribution in [0.3, 0.4) is 0 Å². The third kappa shape index (κ3) is 9.26.